The number of nitrogens with one attached hydrogen (secondary N) is 3. The number of aliphatic carboxylic acids is 3. The fourth-order valence-electron chi connectivity index (χ4n) is 14.9. The first-order chi connectivity index (χ1) is 69.6. The van der Waals surface area contributed by atoms with Gasteiger partial charge in [0.25, 0.3) is 17.7 Å². The Hall–Kier alpha value is -16.6. The number of carboxylic acid groups (broad SMARTS) is 3. The number of phenols is 1. The average Bonchev–Trinajstić information content (AvgIpc) is 0.838. The minimum atomic E-state index is -1.19. The standard InChI is InChI=1S/C39H42N2O7.C38H39FN2O7.C38H40N2O8/c1-3-4-5-6-7-23-47-34-21-15-32(16-22-34)39(46)48-35-19-11-29(12-20-35)26-41(27-37(43)44)38(45)31-13-17-33(18-14-31)40-36(42)25-30-10-8-9-28(2)24-30;1-2-3-4-5-8-23-47-32-21-15-29(16-22-32)38(46)48-33-19-11-27(12-20-33)25-41(26-36(43)44)37(45)28-13-17-31(18-14-28)40-35(42)24-30-9-6-7-10-34(30)39;1-2-3-4-5-8-23-47-32-21-15-29(16-22-32)38(46)48-33-19-11-27(12-20-33)25-40(26-36(43)44)37(45)28-13-17-31(18-14-28)39-35(42)24-30-9-6-7-10-34(30)41/h8-22,24H,3-7,23,25-27H2,1-2H3,(H,40,42)(H,43,44);6-7,9-22H,2-5,8,23-26H2,1H3,(H,40,42)(H,43,44);6-7,9-22,41H,2-5,8,23-26H2,1H3,(H,39,42)(H,43,44). The van der Waals surface area contributed by atoms with Gasteiger partial charge in [0.1, 0.15) is 65.7 Å². The van der Waals surface area contributed by atoms with E-state index in [9.17, 15) is 82.4 Å². The highest BCUT2D eigenvalue weighted by atomic mass is 19.1. The number of benzene rings is 12. The Morgan fingerprint density at radius 3 is 0.882 bits per heavy atom. The van der Waals surface area contributed by atoms with E-state index in [4.69, 9.17) is 28.4 Å². The number of amides is 6. The van der Waals surface area contributed by atoms with Crippen molar-refractivity contribution in [1.82, 2.24) is 14.7 Å². The number of rotatable bonds is 51. The largest absolute Gasteiger partial charge is 0.508 e. The van der Waals surface area contributed by atoms with Crippen molar-refractivity contribution in [2.75, 3.05) is 55.4 Å². The Morgan fingerprint density at radius 2 is 0.576 bits per heavy atom. The summed E-state index contributed by atoms with van der Waals surface area (Å²) in [6, 6.07) is 78.5. The number of phenolic OH excluding ortho intramolecular Hbond substituents is 1. The Kier molecular flexibility index (Phi) is 44.4. The molecule has 0 aliphatic heterocycles. The molecule has 28 nitrogen and oxygen atoms in total. The smallest absolute Gasteiger partial charge is 0.343 e. The average molecular weight is 1960 g/mol. The van der Waals surface area contributed by atoms with Gasteiger partial charge in [0.05, 0.1) is 55.8 Å². The highest BCUT2D eigenvalue weighted by Crippen LogP contribution is 2.28. The number of carbonyl (C=O) groups excluding carboxylic acids is 9. The number of carbonyl (C=O) groups is 12. The molecule has 0 atom stereocenters. The van der Waals surface area contributed by atoms with Crippen LogP contribution >= 0.6 is 0 Å². The molecule has 12 rings (SSSR count). The number of nitrogens with zero attached hydrogens (tertiary/aromatic N) is 3. The summed E-state index contributed by atoms with van der Waals surface area (Å²) in [6.45, 7) is 8.81. The third kappa shape index (κ3) is 38.2. The zero-order valence-electron chi connectivity index (χ0n) is 81.2. The van der Waals surface area contributed by atoms with E-state index < -0.39 is 84.9 Å². The molecule has 0 heterocycles. The summed E-state index contributed by atoms with van der Waals surface area (Å²) >= 11 is 0. The fraction of sp³-hybridized carbons (Fsp3) is 0.270. The number of aromatic hydroxyl groups is 1. The van der Waals surface area contributed by atoms with Gasteiger partial charge in [0.15, 0.2) is 0 Å². The first-order valence-electron chi connectivity index (χ1n) is 48.0. The molecule has 0 spiro atoms. The zero-order chi connectivity index (χ0) is 103. The van der Waals surface area contributed by atoms with Gasteiger partial charge in [0, 0.05) is 59.0 Å². The summed E-state index contributed by atoms with van der Waals surface area (Å²) in [6.07, 6.45) is 17.3. The molecule has 0 aliphatic carbocycles. The highest BCUT2D eigenvalue weighted by molar-refractivity contribution is 6.01. The first kappa shape index (κ1) is 109. The molecule has 7 N–H and O–H groups in total. The lowest BCUT2D eigenvalue weighted by molar-refractivity contribution is -0.138. The number of halogens is 1. The van der Waals surface area contributed by atoms with Gasteiger partial charge in [-0.15, -0.1) is 0 Å². The van der Waals surface area contributed by atoms with E-state index in [1.54, 1.807) is 212 Å². The van der Waals surface area contributed by atoms with Crippen molar-refractivity contribution in [2.45, 2.75) is 163 Å². The van der Waals surface area contributed by atoms with Crippen LogP contribution in [0.4, 0.5) is 21.5 Å². The fourth-order valence-corrected chi connectivity index (χ4v) is 14.9. The third-order valence-electron chi connectivity index (χ3n) is 22.5. The minimum absolute atomic E-state index is 0.00151. The maximum atomic E-state index is 13.9. The highest BCUT2D eigenvalue weighted by Gasteiger charge is 2.25. The van der Waals surface area contributed by atoms with E-state index in [0.717, 1.165) is 49.7 Å². The molecule has 0 aliphatic rings. The van der Waals surface area contributed by atoms with Crippen LogP contribution in [0.3, 0.4) is 0 Å². The second-order valence-corrected chi connectivity index (χ2v) is 34.2. The van der Waals surface area contributed by atoms with Crippen molar-refractivity contribution >= 4 is 88.3 Å². The number of hydrogen-bond donors (Lipinski definition) is 7. The minimum Gasteiger partial charge on any atom is -0.508 e. The molecule has 0 saturated carbocycles. The van der Waals surface area contributed by atoms with E-state index in [0.29, 0.717) is 110 Å². The zero-order valence-corrected chi connectivity index (χ0v) is 81.2. The van der Waals surface area contributed by atoms with E-state index in [2.05, 4.69) is 36.7 Å². The molecule has 750 valence electrons. The normalized spacial score (nSPS) is 10.6. The van der Waals surface area contributed by atoms with E-state index in [-0.39, 0.29) is 78.7 Å². The molecule has 12 aromatic carbocycles. The van der Waals surface area contributed by atoms with E-state index in [1.807, 2.05) is 31.2 Å². The Balaban J connectivity index is 0.000000222. The van der Waals surface area contributed by atoms with E-state index in [1.165, 1.54) is 127 Å². The first-order valence-corrected chi connectivity index (χ1v) is 48.0. The maximum Gasteiger partial charge on any atom is 0.343 e. The van der Waals surface area contributed by atoms with Crippen LogP contribution < -0.4 is 44.4 Å². The Morgan fingerprint density at radius 1 is 0.292 bits per heavy atom. The van der Waals surface area contributed by atoms with Gasteiger partial charge < -0.3 is 79.5 Å². The molecule has 0 saturated heterocycles. The predicted octanol–water partition coefficient (Wildman–Crippen LogP) is 21.6. The molecular weight excluding hydrogens is 1840 g/mol. The van der Waals surface area contributed by atoms with Crippen molar-refractivity contribution in [1.29, 1.82) is 0 Å². The summed E-state index contributed by atoms with van der Waals surface area (Å²) in [5.41, 5.74) is 7.84. The predicted molar refractivity (Wildman–Crippen MR) is 545 cm³/mol. The number of para-hydroxylation sites is 1. The van der Waals surface area contributed by atoms with Crippen LogP contribution in [0.15, 0.2) is 291 Å². The van der Waals surface area contributed by atoms with Crippen LogP contribution in [-0.2, 0) is 67.7 Å². The summed E-state index contributed by atoms with van der Waals surface area (Å²) in [5.74, 6) is -5.05. The molecule has 6 amide bonds. The third-order valence-corrected chi connectivity index (χ3v) is 22.5. The lowest BCUT2D eigenvalue weighted by atomic mass is 10.1. The van der Waals surface area contributed by atoms with Crippen LogP contribution in [0.2, 0.25) is 0 Å². The topological polar surface area (TPSA) is 387 Å². The summed E-state index contributed by atoms with van der Waals surface area (Å²) in [5, 5.41) is 46.5. The second-order valence-electron chi connectivity index (χ2n) is 34.2. The summed E-state index contributed by atoms with van der Waals surface area (Å²) in [4.78, 5) is 153. The van der Waals surface area contributed by atoms with Gasteiger partial charge >= 0.3 is 35.8 Å². The second kappa shape index (κ2) is 58.5. The van der Waals surface area contributed by atoms with Gasteiger partial charge in [-0.25, -0.2) is 18.8 Å². The summed E-state index contributed by atoms with van der Waals surface area (Å²) in [7, 11) is 0. The van der Waals surface area contributed by atoms with Crippen molar-refractivity contribution < 1.29 is 111 Å². The molecule has 0 unspecified atom stereocenters. The van der Waals surface area contributed by atoms with Gasteiger partial charge in [-0.05, 0) is 248 Å². The Bertz CT molecular complexity index is 5960. The van der Waals surface area contributed by atoms with Crippen LogP contribution in [-0.4, -0.2) is 146 Å². The number of carboxylic acids is 3. The van der Waals surface area contributed by atoms with Crippen molar-refractivity contribution in [2.24, 2.45) is 0 Å². The summed E-state index contributed by atoms with van der Waals surface area (Å²) < 4.78 is 47.6. The number of anilines is 3. The van der Waals surface area contributed by atoms with Gasteiger partial charge in [-0.3, -0.25) is 43.2 Å². The van der Waals surface area contributed by atoms with Crippen LogP contribution in [0.25, 0.3) is 0 Å². The van der Waals surface area contributed by atoms with Crippen LogP contribution in [0.5, 0.6) is 40.2 Å². The van der Waals surface area contributed by atoms with Crippen molar-refractivity contribution in [3.05, 3.63) is 369 Å². The molecule has 12 aromatic rings. The molecule has 0 aromatic heterocycles. The molecule has 0 bridgehead atoms. The lowest BCUT2D eigenvalue weighted by Gasteiger charge is -2.21. The molecule has 29 heteroatoms. The van der Waals surface area contributed by atoms with Gasteiger partial charge in [-0.1, -0.05) is 200 Å². The van der Waals surface area contributed by atoms with Gasteiger partial charge in [-0.2, -0.15) is 0 Å². The number of aryl methyl sites for hydroxylation is 1. The quantitative estimate of drug-likeness (QED) is 0.0106. The van der Waals surface area contributed by atoms with Crippen molar-refractivity contribution in [3.8, 4) is 40.2 Å². The Labute approximate surface area is 837 Å². The number of ether oxygens (including phenoxy) is 6. The molecule has 144 heavy (non-hydrogen) atoms. The number of hydrogen-bond acceptors (Lipinski definition) is 19. The monoisotopic (exact) mass is 1960 g/mol. The molecule has 0 fully saturated rings. The van der Waals surface area contributed by atoms with Crippen LogP contribution in [0.1, 0.15) is 218 Å². The lowest BCUT2D eigenvalue weighted by Crippen LogP contribution is -2.35. The molecule has 0 radical (unpaired) electrons. The number of esters is 3. The van der Waals surface area contributed by atoms with Gasteiger partial charge in [0.2, 0.25) is 17.7 Å². The SMILES string of the molecule is CCCCCCCOc1ccc(C(=O)Oc2ccc(CN(CC(=O)O)C(=O)c3ccc(NC(=O)Cc4cccc(C)c4)cc3)cc2)cc1.CCCCCCCOc1ccc(C(=O)Oc2ccc(CN(CC(=O)O)C(=O)c3ccc(NC(=O)Cc4ccccc4F)cc3)cc2)cc1.CCCCCCCOc1ccc(C(=O)Oc2ccc(CN(CC(=O)O)C(=O)c3ccc(NC(=O)Cc4ccccc4O)cc3)cc2)cc1. The number of unbranched alkanes of at least 4 members (excludes halogenated alkanes) is 12. The van der Waals surface area contributed by atoms with E-state index >= 15 is 0 Å². The van der Waals surface area contributed by atoms with Crippen molar-refractivity contribution in [3.63, 3.8) is 0 Å². The van der Waals surface area contributed by atoms with Crippen LogP contribution in [0, 0.1) is 12.7 Å². The molecular formula is C115H121FN6O22. The maximum absolute atomic E-state index is 13.9.